The Morgan fingerprint density at radius 2 is 2.40 bits per heavy atom. The first-order valence-electron chi connectivity index (χ1n) is 5.73. The zero-order valence-electron chi connectivity index (χ0n) is 9.44. The molecule has 2 aliphatic heterocycles. The van der Waals surface area contributed by atoms with Crippen LogP contribution in [0.25, 0.3) is 0 Å². The van der Waals surface area contributed by atoms with Crippen LogP contribution in [0.5, 0.6) is 0 Å². The number of hydrogen-bond donors (Lipinski definition) is 0. The van der Waals surface area contributed by atoms with Gasteiger partial charge in [-0.1, -0.05) is 0 Å². The first-order chi connectivity index (χ1) is 7.22. The van der Waals surface area contributed by atoms with Crippen molar-refractivity contribution in [2.24, 2.45) is 5.92 Å². The second kappa shape index (κ2) is 4.49. The highest BCUT2D eigenvalue weighted by Crippen LogP contribution is 2.33. The van der Waals surface area contributed by atoms with E-state index in [0.717, 1.165) is 13.0 Å². The summed E-state index contributed by atoms with van der Waals surface area (Å²) in [4.78, 5) is 13.6. The standard InChI is InChI=1S/C11H19NO3/c1-3-14-11-8(7-10(13)15-11)9-5-4-6-12(9)2/h8-9,11H,3-7H2,1-2H3/t8-,9-,11?/m1/s1. The van der Waals surface area contributed by atoms with Crippen LogP contribution in [0.15, 0.2) is 0 Å². The summed E-state index contributed by atoms with van der Waals surface area (Å²) >= 11 is 0. The van der Waals surface area contributed by atoms with Gasteiger partial charge in [0.05, 0.1) is 6.42 Å². The monoisotopic (exact) mass is 213 g/mol. The van der Waals surface area contributed by atoms with Gasteiger partial charge in [0.2, 0.25) is 6.29 Å². The summed E-state index contributed by atoms with van der Waals surface area (Å²) in [5.41, 5.74) is 0. The van der Waals surface area contributed by atoms with Crippen molar-refractivity contribution in [1.29, 1.82) is 0 Å². The quantitative estimate of drug-likeness (QED) is 0.656. The van der Waals surface area contributed by atoms with Crippen LogP contribution in [0.4, 0.5) is 0 Å². The van der Waals surface area contributed by atoms with Gasteiger partial charge in [0.1, 0.15) is 0 Å². The van der Waals surface area contributed by atoms with Crippen LogP contribution in [0, 0.1) is 5.92 Å². The molecule has 0 aromatic heterocycles. The number of likely N-dealkylation sites (tertiary alicyclic amines) is 1. The van der Waals surface area contributed by atoms with Crippen molar-refractivity contribution in [3.8, 4) is 0 Å². The lowest BCUT2D eigenvalue weighted by atomic mass is 9.95. The van der Waals surface area contributed by atoms with Gasteiger partial charge >= 0.3 is 5.97 Å². The molecular formula is C11H19NO3. The van der Waals surface area contributed by atoms with Gasteiger partial charge in [0, 0.05) is 18.6 Å². The number of cyclic esters (lactones) is 1. The molecule has 15 heavy (non-hydrogen) atoms. The third-order valence-electron chi connectivity index (χ3n) is 3.40. The van der Waals surface area contributed by atoms with Gasteiger partial charge in [-0.25, -0.2) is 0 Å². The maximum atomic E-state index is 11.3. The van der Waals surface area contributed by atoms with E-state index in [-0.39, 0.29) is 18.2 Å². The van der Waals surface area contributed by atoms with Crippen LogP contribution in [0.3, 0.4) is 0 Å². The number of ether oxygens (including phenoxy) is 2. The molecule has 0 saturated carbocycles. The van der Waals surface area contributed by atoms with E-state index in [1.54, 1.807) is 0 Å². The Morgan fingerprint density at radius 1 is 1.60 bits per heavy atom. The predicted molar refractivity (Wildman–Crippen MR) is 55.3 cm³/mol. The maximum Gasteiger partial charge on any atom is 0.308 e. The largest absolute Gasteiger partial charge is 0.435 e. The van der Waals surface area contributed by atoms with Gasteiger partial charge in [0.25, 0.3) is 0 Å². The predicted octanol–water partition coefficient (Wildman–Crippen LogP) is 1.01. The van der Waals surface area contributed by atoms with Gasteiger partial charge < -0.3 is 14.4 Å². The van der Waals surface area contributed by atoms with Crippen molar-refractivity contribution in [1.82, 2.24) is 4.90 Å². The van der Waals surface area contributed by atoms with Crippen molar-refractivity contribution in [3.63, 3.8) is 0 Å². The molecule has 0 aromatic carbocycles. The Kier molecular flexibility index (Phi) is 3.26. The molecular weight excluding hydrogens is 194 g/mol. The second-order valence-electron chi connectivity index (χ2n) is 4.37. The molecule has 0 aliphatic carbocycles. The van der Waals surface area contributed by atoms with Crippen molar-refractivity contribution in [2.45, 2.75) is 38.5 Å². The molecule has 2 heterocycles. The second-order valence-corrected chi connectivity index (χ2v) is 4.37. The summed E-state index contributed by atoms with van der Waals surface area (Å²) in [7, 11) is 2.11. The minimum absolute atomic E-state index is 0.112. The van der Waals surface area contributed by atoms with Crippen LogP contribution in [0.1, 0.15) is 26.2 Å². The first kappa shape index (κ1) is 10.9. The highest BCUT2D eigenvalue weighted by atomic mass is 16.7. The lowest BCUT2D eigenvalue weighted by molar-refractivity contribution is -0.168. The van der Waals surface area contributed by atoms with Gasteiger partial charge in [-0.15, -0.1) is 0 Å². The summed E-state index contributed by atoms with van der Waals surface area (Å²) in [6, 6.07) is 0.452. The van der Waals surface area contributed by atoms with E-state index in [9.17, 15) is 4.79 Å². The van der Waals surface area contributed by atoms with E-state index in [0.29, 0.717) is 19.1 Å². The molecule has 2 aliphatic rings. The number of carbonyl (C=O) groups excluding carboxylic acids is 1. The number of hydrogen-bond acceptors (Lipinski definition) is 4. The topological polar surface area (TPSA) is 38.8 Å². The van der Waals surface area contributed by atoms with E-state index in [2.05, 4.69) is 11.9 Å². The number of carbonyl (C=O) groups is 1. The van der Waals surface area contributed by atoms with Crippen LogP contribution in [0.2, 0.25) is 0 Å². The molecule has 2 fully saturated rings. The summed E-state index contributed by atoms with van der Waals surface area (Å²) in [6.07, 6.45) is 2.57. The fourth-order valence-corrected chi connectivity index (χ4v) is 2.67. The zero-order chi connectivity index (χ0) is 10.8. The third-order valence-corrected chi connectivity index (χ3v) is 3.40. The summed E-state index contributed by atoms with van der Waals surface area (Å²) < 4.78 is 10.7. The van der Waals surface area contributed by atoms with Gasteiger partial charge in [-0.05, 0) is 33.4 Å². The molecule has 3 atom stereocenters. The SMILES string of the molecule is CCOC1OC(=O)C[C@@H]1[C@H]1CCCN1C. The Balaban J connectivity index is 2.02. The summed E-state index contributed by atoms with van der Waals surface area (Å²) in [5, 5.41) is 0. The number of rotatable bonds is 3. The first-order valence-corrected chi connectivity index (χ1v) is 5.73. The van der Waals surface area contributed by atoms with E-state index >= 15 is 0 Å². The van der Waals surface area contributed by atoms with Gasteiger partial charge in [-0.3, -0.25) is 4.79 Å². The molecule has 1 unspecified atom stereocenters. The molecule has 2 rings (SSSR count). The molecule has 0 amide bonds. The highest BCUT2D eigenvalue weighted by Gasteiger charge is 2.43. The molecule has 4 nitrogen and oxygen atoms in total. The molecule has 0 spiro atoms. The average molecular weight is 213 g/mol. The molecule has 0 aromatic rings. The van der Waals surface area contributed by atoms with Crippen LogP contribution in [-0.2, 0) is 14.3 Å². The van der Waals surface area contributed by atoms with Crippen LogP contribution >= 0.6 is 0 Å². The molecule has 86 valence electrons. The van der Waals surface area contributed by atoms with Crippen molar-refractivity contribution < 1.29 is 14.3 Å². The normalized spacial score (nSPS) is 37.2. The maximum absolute atomic E-state index is 11.3. The molecule has 0 radical (unpaired) electrons. The van der Waals surface area contributed by atoms with Crippen molar-refractivity contribution in [3.05, 3.63) is 0 Å². The molecule has 0 bridgehead atoms. The minimum Gasteiger partial charge on any atom is -0.435 e. The lowest BCUT2D eigenvalue weighted by Crippen LogP contribution is -2.37. The van der Waals surface area contributed by atoms with E-state index in [4.69, 9.17) is 9.47 Å². The average Bonchev–Trinajstić information content (AvgIpc) is 2.73. The Hall–Kier alpha value is -0.610. The zero-order valence-corrected chi connectivity index (χ0v) is 9.44. The van der Waals surface area contributed by atoms with E-state index in [1.807, 2.05) is 6.92 Å². The Morgan fingerprint density at radius 3 is 3.00 bits per heavy atom. The molecule has 0 N–H and O–H groups in total. The Bertz CT molecular complexity index is 244. The molecule has 4 heteroatoms. The lowest BCUT2D eigenvalue weighted by Gasteiger charge is -2.27. The van der Waals surface area contributed by atoms with E-state index in [1.165, 1.54) is 6.42 Å². The summed E-state index contributed by atoms with van der Waals surface area (Å²) in [6.45, 7) is 3.65. The third kappa shape index (κ3) is 2.16. The van der Waals surface area contributed by atoms with Crippen LogP contribution in [-0.4, -0.2) is 43.4 Å². The smallest absolute Gasteiger partial charge is 0.308 e. The molecule has 2 saturated heterocycles. The van der Waals surface area contributed by atoms with Gasteiger partial charge in [0.15, 0.2) is 0 Å². The van der Waals surface area contributed by atoms with Gasteiger partial charge in [-0.2, -0.15) is 0 Å². The van der Waals surface area contributed by atoms with Crippen LogP contribution < -0.4 is 0 Å². The van der Waals surface area contributed by atoms with E-state index < -0.39 is 0 Å². The number of esters is 1. The Labute approximate surface area is 90.5 Å². The fraction of sp³-hybridized carbons (Fsp3) is 0.909. The minimum atomic E-state index is -0.312. The highest BCUT2D eigenvalue weighted by molar-refractivity contribution is 5.72. The van der Waals surface area contributed by atoms with Crippen molar-refractivity contribution in [2.75, 3.05) is 20.2 Å². The fourth-order valence-electron chi connectivity index (χ4n) is 2.67. The summed E-state index contributed by atoms with van der Waals surface area (Å²) in [5.74, 6) is 0.115. The number of nitrogens with zero attached hydrogens (tertiary/aromatic N) is 1. The van der Waals surface area contributed by atoms with Crippen molar-refractivity contribution >= 4 is 5.97 Å².